The van der Waals surface area contributed by atoms with Crippen molar-refractivity contribution in [2.75, 3.05) is 27.7 Å². The van der Waals surface area contributed by atoms with Gasteiger partial charge in [-0.3, -0.25) is 9.69 Å². The molecule has 0 heterocycles. The molecule has 0 saturated carbocycles. The van der Waals surface area contributed by atoms with Gasteiger partial charge >= 0.3 is 0 Å². The van der Waals surface area contributed by atoms with Crippen molar-refractivity contribution in [2.24, 2.45) is 5.73 Å². The number of nitrogens with zero attached hydrogens (tertiary/aromatic N) is 2. The highest BCUT2D eigenvalue weighted by Gasteiger charge is 2.10. The Labute approximate surface area is 120 Å². The van der Waals surface area contributed by atoms with Gasteiger partial charge in [0.25, 0.3) is 0 Å². The molecular weight excluding hydrogens is 258 g/mol. The van der Waals surface area contributed by atoms with E-state index < -0.39 is 0 Å². The molecule has 0 saturated heterocycles. The highest BCUT2D eigenvalue weighted by Crippen LogP contribution is 2.13. The molecule has 0 unspecified atom stereocenters. The van der Waals surface area contributed by atoms with E-state index in [1.54, 1.807) is 19.0 Å². The second-order valence-corrected chi connectivity index (χ2v) is 5.41. The lowest BCUT2D eigenvalue weighted by Crippen LogP contribution is -2.34. The molecule has 0 bridgehead atoms. The average Bonchev–Trinajstić information content (AvgIpc) is 2.31. The van der Waals surface area contributed by atoms with Crippen LogP contribution in [0.4, 0.5) is 0 Å². The van der Waals surface area contributed by atoms with Gasteiger partial charge in [0.2, 0.25) is 5.91 Å². The topological polar surface area (TPSA) is 49.6 Å². The molecule has 1 rings (SSSR count). The fourth-order valence-electron chi connectivity index (χ4n) is 1.75. The highest BCUT2D eigenvalue weighted by atomic mass is 32.1. The number of amides is 1. The zero-order chi connectivity index (χ0) is 14.6. The minimum atomic E-state index is 0.0971. The molecule has 0 atom stereocenters. The van der Waals surface area contributed by atoms with Crippen LogP contribution >= 0.6 is 12.2 Å². The van der Waals surface area contributed by atoms with Crippen molar-refractivity contribution < 1.29 is 4.79 Å². The summed E-state index contributed by atoms with van der Waals surface area (Å²) in [6, 6.07) is 5.92. The van der Waals surface area contributed by atoms with Crippen LogP contribution in [-0.2, 0) is 11.3 Å². The molecule has 0 aromatic heterocycles. The predicted octanol–water partition coefficient (Wildman–Crippen LogP) is 1.15. The van der Waals surface area contributed by atoms with Gasteiger partial charge in [0.05, 0.1) is 6.54 Å². The lowest BCUT2D eigenvalue weighted by atomic mass is 10.0. The number of carbonyl (C=O) groups excluding carboxylic acids is 1. The van der Waals surface area contributed by atoms with E-state index in [2.05, 4.69) is 0 Å². The minimum Gasteiger partial charge on any atom is -0.389 e. The fourth-order valence-corrected chi connectivity index (χ4v) is 1.87. The normalized spacial score (nSPS) is 10.6. The van der Waals surface area contributed by atoms with E-state index >= 15 is 0 Å². The summed E-state index contributed by atoms with van der Waals surface area (Å²) in [5.74, 6) is 0.0971. The van der Waals surface area contributed by atoms with Gasteiger partial charge in [-0.05, 0) is 31.2 Å². The fraction of sp³-hybridized carbons (Fsp3) is 0.429. The summed E-state index contributed by atoms with van der Waals surface area (Å²) in [6.07, 6.45) is 0. The van der Waals surface area contributed by atoms with Crippen LogP contribution in [0.25, 0.3) is 0 Å². The molecule has 0 spiro atoms. The summed E-state index contributed by atoms with van der Waals surface area (Å²) >= 11 is 4.96. The molecule has 104 valence electrons. The number of rotatable bonds is 5. The van der Waals surface area contributed by atoms with E-state index in [4.69, 9.17) is 18.0 Å². The van der Waals surface area contributed by atoms with E-state index in [1.807, 2.05) is 37.1 Å². The second kappa shape index (κ2) is 6.63. The van der Waals surface area contributed by atoms with Crippen LogP contribution < -0.4 is 5.73 Å². The number of hydrogen-bond donors (Lipinski definition) is 1. The molecule has 2 N–H and O–H groups in total. The quantitative estimate of drug-likeness (QED) is 0.822. The molecule has 0 aliphatic carbocycles. The lowest BCUT2D eigenvalue weighted by molar-refractivity contribution is -0.129. The highest BCUT2D eigenvalue weighted by molar-refractivity contribution is 7.80. The minimum absolute atomic E-state index is 0.0971. The summed E-state index contributed by atoms with van der Waals surface area (Å²) in [7, 11) is 5.46. The number of nitrogens with two attached hydrogens (primary N) is 1. The van der Waals surface area contributed by atoms with Crippen LogP contribution in [0.1, 0.15) is 16.7 Å². The van der Waals surface area contributed by atoms with Gasteiger partial charge in [0.1, 0.15) is 4.99 Å². The van der Waals surface area contributed by atoms with E-state index in [0.29, 0.717) is 11.5 Å². The average molecular weight is 279 g/mol. The number of carbonyl (C=O) groups is 1. The molecule has 0 radical (unpaired) electrons. The largest absolute Gasteiger partial charge is 0.389 e. The molecule has 4 nitrogen and oxygen atoms in total. The molecule has 1 amide bonds. The number of likely N-dealkylation sites (N-methyl/N-ethyl adjacent to an activating group) is 2. The lowest BCUT2D eigenvalue weighted by Gasteiger charge is -2.20. The molecule has 0 aliphatic rings. The third-order valence-corrected chi connectivity index (χ3v) is 3.21. The first-order valence-corrected chi connectivity index (χ1v) is 6.50. The summed E-state index contributed by atoms with van der Waals surface area (Å²) in [5.41, 5.74) is 8.79. The van der Waals surface area contributed by atoms with E-state index in [-0.39, 0.29) is 5.91 Å². The van der Waals surface area contributed by atoms with Crippen molar-refractivity contribution in [3.63, 3.8) is 0 Å². The molecular formula is C14H21N3OS. The van der Waals surface area contributed by atoms with Crippen LogP contribution in [0.2, 0.25) is 0 Å². The molecule has 1 aromatic rings. The summed E-state index contributed by atoms with van der Waals surface area (Å²) in [5, 5.41) is 0. The Kier molecular flexibility index (Phi) is 5.44. The summed E-state index contributed by atoms with van der Waals surface area (Å²) in [4.78, 5) is 15.6. The van der Waals surface area contributed by atoms with Crippen molar-refractivity contribution >= 4 is 23.1 Å². The Morgan fingerprint density at radius 1 is 1.32 bits per heavy atom. The van der Waals surface area contributed by atoms with Gasteiger partial charge in [0, 0.05) is 26.2 Å². The van der Waals surface area contributed by atoms with Gasteiger partial charge in [-0.1, -0.05) is 24.4 Å². The van der Waals surface area contributed by atoms with E-state index in [0.717, 1.165) is 17.7 Å². The van der Waals surface area contributed by atoms with Crippen molar-refractivity contribution in [1.29, 1.82) is 0 Å². The van der Waals surface area contributed by atoms with Crippen molar-refractivity contribution in [2.45, 2.75) is 13.5 Å². The zero-order valence-corrected chi connectivity index (χ0v) is 12.8. The third-order valence-electron chi connectivity index (χ3n) is 2.97. The maximum atomic E-state index is 11.6. The number of hydrogen-bond acceptors (Lipinski definition) is 3. The first-order valence-electron chi connectivity index (χ1n) is 6.09. The molecule has 5 heteroatoms. The van der Waals surface area contributed by atoms with Crippen molar-refractivity contribution in [1.82, 2.24) is 9.80 Å². The Bertz CT molecular complexity index is 486. The van der Waals surface area contributed by atoms with Crippen LogP contribution in [-0.4, -0.2) is 48.4 Å². The van der Waals surface area contributed by atoms with Crippen molar-refractivity contribution in [3.05, 3.63) is 34.9 Å². The smallest absolute Gasteiger partial charge is 0.236 e. The van der Waals surface area contributed by atoms with Crippen LogP contribution in [0.5, 0.6) is 0 Å². The SMILES string of the molecule is Cc1cc(C(N)=S)ccc1CN(C)CC(=O)N(C)C. The Morgan fingerprint density at radius 3 is 2.42 bits per heavy atom. The van der Waals surface area contributed by atoms with Gasteiger partial charge < -0.3 is 10.6 Å². The Hall–Kier alpha value is -1.46. The van der Waals surface area contributed by atoms with Crippen LogP contribution in [0, 0.1) is 6.92 Å². The van der Waals surface area contributed by atoms with Crippen LogP contribution in [0.3, 0.4) is 0 Å². The van der Waals surface area contributed by atoms with Gasteiger partial charge in [-0.2, -0.15) is 0 Å². The first-order chi connectivity index (χ1) is 8.81. The zero-order valence-electron chi connectivity index (χ0n) is 11.9. The monoisotopic (exact) mass is 279 g/mol. The third kappa shape index (κ3) is 4.61. The Balaban J connectivity index is 2.72. The number of thiocarbonyl (C=S) groups is 1. The number of benzene rings is 1. The van der Waals surface area contributed by atoms with E-state index in [9.17, 15) is 4.79 Å². The second-order valence-electron chi connectivity index (χ2n) is 4.97. The summed E-state index contributed by atoms with van der Waals surface area (Å²) < 4.78 is 0. The van der Waals surface area contributed by atoms with Crippen molar-refractivity contribution in [3.8, 4) is 0 Å². The summed E-state index contributed by atoms with van der Waals surface area (Å²) in [6.45, 7) is 3.16. The van der Waals surface area contributed by atoms with E-state index in [1.165, 1.54) is 5.56 Å². The molecule has 0 fully saturated rings. The maximum Gasteiger partial charge on any atom is 0.236 e. The molecule has 19 heavy (non-hydrogen) atoms. The van der Waals surface area contributed by atoms with Gasteiger partial charge in [-0.25, -0.2) is 0 Å². The molecule has 0 aliphatic heterocycles. The first kappa shape index (κ1) is 15.6. The van der Waals surface area contributed by atoms with Gasteiger partial charge in [-0.15, -0.1) is 0 Å². The van der Waals surface area contributed by atoms with Gasteiger partial charge in [0.15, 0.2) is 0 Å². The number of aryl methyl sites for hydroxylation is 1. The standard InChI is InChI=1S/C14H21N3OS/c1-10-7-11(14(15)19)5-6-12(10)8-17(4)9-13(18)16(2)3/h5-7H,8-9H2,1-4H3,(H2,15,19). The molecule has 1 aromatic carbocycles. The Morgan fingerprint density at radius 2 is 1.95 bits per heavy atom. The maximum absolute atomic E-state index is 11.6. The predicted molar refractivity (Wildman–Crippen MR) is 82.1 cm³/mol. The van der Waals surface area contributed by atoms with Crippen LogP contribution in [0.15, 0.2) is 18.2 Å².